The van der Waals surface area contributed by atoms with Crippen LogP contribution in [-0.2, 0) is 4.79 Å². The third-order valence-electron chi connectivity index (χ3n) is 3.04. The molecule has 0 radical (unpaired) electrons. The number of ether oxygens (including phenoxy) is 2. The zero-order chi connectivity index (χ0) is 15.9. The van der Waals surface area contributed by atoms with Gasteiger partial charge in [0.15, 0.2) is 0 Å². The normalized spacial score (nSPS) is 9.95. The van der Waals surface area contributed by atoms with Crippen molar-refractivity contribution < 1.29 is 14.3 Å². The maximum atomic E-state index is 11.3. The molecule has 2 N–H and O–H groups in total. The first-order valence-electron chi connectivity index (χ1n) is 6.91. The summed E-state index contributed by atoms with van der Waals surface area (Å²) in [5.41, 5.74) is 1.44. The molecular weight excluding hydrogens is 282 g/mol. The Balaban J connectivity index is 2.12. The van der Waals surface area contributed by atoms with Gasteiger partial charge < -0.3 is 20.1 Å². The summed E-state index contributed by atoms with van der Waals surface area (Å²) in [6.07, 6.45) is 2.04. The van der Waals surface area contributed by atoms with E-state index in [1.807, 2.05) is 12.1 Å². The molecule has 0 unspecified atom stereocenters. The summed E-state index contributed by atoms with van der Waals surface area (Å²) in [5, 5.41) is 5.91. The summed E-state index contributed by atoms with van der Waals surface area (Å²) in [6, 6.07) is 9.05. The lowest BCUT2D eigenvalue weighted by Gasteiger charge is -2.12. The van der Waals surface area contributed by atoms with E-state index in [0.717, 1.165) is 5.69 Å². The number of anilines is 3. The number of rotatable bonds is 6. The molecule has 1 aromatic heterocycles. The quantitative estimate of drug-likeness (QED) is 0.857. The van der Waals surface area contributed by atoms with Crippen molar-refractivity contribution in [2.24, 2.45) is 0 Å². The number of aromatic nitrogens is 1. The Morgan fingerprint density at radius 2 is 2.00 bits per heavy atom. The zero-order valence-corrected chi connectivity index (χ0v) is 12.8. The number of benzene rings is 1. The van der Waals surface area contributed by atoms with Gasteiger partial charge in [-0.2, -0.15) is 0 Å². The molecule has 0 bridgehead atoms. The van der Waals surface area contributed by atoms with Gasteiger partial charge in [-0.15, -0.1) is 0 Å². The smallest absolute Gasteiger partial charge is 0.224 e. The van der Waals surface area contributed by atoms with Crippen molar-refractivity contribution in [1.29, 1.82) is 0 Å². The highest BCUT2D eigenvalue weighted by molar-refractivity contribution is 5.90. The molecule has 2 rings (SSSR count). The minimum absolute atomic E-state index is 0.0423. The Morgan fingerprint density at radius 1 is 1.18 bits per heavy atom. The number of methoxy groups -OCH3 is 2. The second-order valence-electron chi connectivity index (χ2n) is 4.53. The molecular formula is C16H19N3O3. The second kappa shape index (κ2) is 7.31. The molecule has 0 atom stereocenters. The predicted molar refractivity (Wildman–Crippen MR) is 86.0 cm³/mol. The SMILES string of the molecule is CCC(=O)Nc1ccc(Nc2ccc(OC)cc2OC)nc1. The summed E-state index contributed by atoms with van der Waals surface area (Å²) in [6.45, 7) is 1.80. The third kappa shape index (κ3) is 3.88. The van der Waals surface area contributed by atoms with Crippen LogP contribution in [0.3, 0.4) is 0 Å². The standard InChI is InChI=1S/C16H19N3O3/c1-4-16(20)18-11-5-8-15(17-10-11)19-13-7-6-12(21-2)9-14(13)22-3/h5-10H,4H2,1-3H3,(H,17,19)(H,18,20). The van der Waals surface area contributed by atoms with Crippen molar-refractivity contribution in [2.75, 3.05) is 24.9 Å². The number of pyridine rings is 1. The largest absolute Gasteiger partial charge is 0.497 e. The van der Waals surface area contributed by atoms with Crippen LogP contribution in [0, 0.1) is 0 Å². The van der Waals surface area contributed by atoms with Crippen LogP contribution in [0.4, 0.5) is 17.2 Å². The van der Waals surface area contributed by atoms with Gasteiger partial charge in [0.25, 0.3) is 0 Å². The topological polar surface area (TPSA) is 72.5 Å². The van der Waals surface area contributed by atoms with E-state index in [0.29, 0.717) is 29.4 Å². The molecule has 0 fully saturated rings. The highest BCUT2D eigenvalue weighted by atomic mass is 16.5. The average Bonchev–Trinajstić information content (AvgIpc) is 2.56. The first kappa shape index (κ1) is 15.6. The Kier molecular flexibility index (Phi) is 5.19. The van der Waals surface area contributed by atoms with Crippen molar-refractivity contribution >= 4 is 23.1 Å². The lowest BCUT2D eigenvalue weighted by molar-refractivity contribution is -0.115. The van der Waals surface area contributed by atoms with Gasteiger partial charge >= 0.3 is 0 Å². The number of nitrogens with zero attached hydrogens (tertiary/aromatic N) is 1. The molecule has 0 spiro atoms. The molecule has 0 aliphatic heterocycles. The monoisotopic (exact) mass is 301 g/mol. The van der Waals surface area contributed by atoms with Crippen LogP contribution in [0.2, 0.25) is 0 Å². The molecule has 2 aromatic rings. The molecule has 0 saturated carbocycles. The van der Waals surface area contributed by atoms with Crippen molar-refractivity contribution in [2.45, 2.75) is 13.3 Å². The lowest BCUT2D eigenvalue weighted by Crippen LogP contribution is -2.09. The summed E-state index contributed by atoms with van der Waals surface area (Å²) in [4.78, 5) is 15.6. The zero-order valence-electron chi connectivity index (χ0n) is 12.8. The summed E-state index contributed by atoms with van der Waals surface area (Å²) < 4.78 is 10.5. The number of amides is 1. The van der Waals surface area contributed by atoms with Gasteiger partial charge in [0.1, 0.15) is 17.3 Å². The van der Waals surface area contributed by atoms with Gasteiger partial charge in [-0.3, -0.25) is 4.79 Å². The Hall–Kier alpha value is -2.76. The first-order chi connectivity index (χ1) is 10.7. The van der Waals surface area contributed by atoms with E-state index in [4.69, 9.17) is 9.47 Å². The number of carbonyl (C=O) groups excluding carboxylic acids is 1. The predicted octanol–water partition coefficient (Wildman–Crippen LogP) is 3.19. The van der Waals surface area contributed by atoms with Crippen LogP contribution < -0.4 is 20.1 Å². The third-order valence-corrected chi connectivity index (χ3v) is 3.04. The molecule has 22 heavy (non-hydrogen) atoms. The molecule has 0 aliphatic carbocycles. The van der Waals surface area contributed by atoms with Crippen molar-refractivity contribution in [3.63, 3.8) is 0 Å². The molecule has 0 aliphatic rings. The molecule has 6 nitrogen and oxygen atoms in total. The van der Waals surface area contributed by atoms with E-state index in [1.54, 1.807) is 45.5 Å². The maximum Gasteiger partial charge on any atom is 0.224 e. The lowest BCUT2D eigenvalue weighted by atomic mass is 10.2. The molecule has 0 saturated heterocycles. The molecule has 1 aromatic carbocycles. The van der Waals surface area contributed by atoms with E-state index in [2.05, 4.69) is 15.6 Å². The van der Waals surface area contributed by atoms with Crippen LogP contribution in [0.1, 0.15) is 13.3 Å². The van der Waals surface area contributed by atoms with Crippen LogP contribution in [0.15, 0.2) is 36.5 Å². The fraction of sp³-hybridized carbons (Fsp3) is 0.250. The van der Waals surface area contributed by atoms with Crippen LogP contribution in [-0.4, -0.2) is 25.1 Å². The van der Waals surface area contributed by atoms with Crippen LogP contribution in [0.25, 0.3) is 0 Å². The van der Waals surface area contributed by atoms with Crippen LogP contribution in [0.5, 0.6) is 11.5 Å². The van der Waals surface area contributed by atoms with Gasteiger partial charge in [-0.05, 0) is 24.3 Å². The van der Waals surface area contributed by atoms with Crippen molar-refractivity contribution in [3.05, 3.63) is 36.5 Å². The van der Waals surface area contributed by atoms with Gasteiger partial charge in [-0.1, -0.05) is 6.92 Å². The number of hydrogen-bond donors (Lipinski definition) is 2. The number of carbonyl (C=O) groups is 1. The number of hydrogen-bond acceptors (Lipinski definition) is 5. The molecule has 6 heteroatoms. The summed E-state index contributed by atoms with van der Waals surface area (Å²) in [7, 11) is 3.20. The van der Waals surface area contributed by atoms with E-state index in [1.165, 1.54) is 0 Å². The van der Waals surface area contributed by atoms with E-state index >= 15 is 0 Å². The first-order valence-corrected chi connectivity index (χ1v) is 6.91. The Bertz CT molecular complexity index is 642. The van der Waals surface area contributed by atoms with Gasteiger partial charge in [0.05, 0.1) is 31.8 Å². The van der Waals surface area contributed by atoms with E-state index < -0.39 is 0 Å². The van der Waals surface area contributed by atoms with Crippen molar-refractivity contribution in [1.82, 2.24) is 4.98 Å². The van der Waals surface area contributed by atoms with E-state index in [9.17, 15) is 4.79 Å². The van der Waals surface area contributed by atoms with E-state index in [-0.39, 0.29) is 5.91 Å². The van der Waals surface area contributed by atoms with Gasteiger partial charge in [-0.25, -0.2) is 4.98 Å². The van der Waals surface area contributed by atoms with Gasteiger partial charge in [0.2, 0.25) is 5.91 Å². The van der Waals surface area contributed by atoms with Crippen LogP contribution >= 0.6 is 0 Å². The van der Waals surface area contributed by atoms with Crippen molar-refractivity contribution in [3.8, 4) is 11.5 Å². The molecule has 1 amide bonds. The maximum absolute atomic E-state index is 11.3. The minimum Gasteiger partial charge on any atom is -0.497 e. The average molecular weight is 301 g/mol. The molecule has 1 heterocycles. The fourth-order valence-electron chi connectivity index (χ4n) is 1.83. The molecule has 116 valence electrons. The fourth-order valence-corrected chi connectivity index (χ4v) is 1.83. The minimum atomic E-state index is -0.0423. The Morgan fingerprint density at radius 3 is 2.59 bits per heavy atom. The summed E-state index contributed by atoms with van der Waals surface area (Å²) >= 11 is 0. The highest BCUT2D eigenvalue weighted by Gasteiger charge is 2.06. The Labute approximate surface area is 129 Å². The summed E-state index contributed by atoms with van der Waals surface area (Å²) in [5.74, 6) is 1.98. The highest BCUT2D eigenvalue weighted by Crippen LogP contribution is 2.31. The second-order valence-corrected chi connectivity index (χ2v) is 4.53. The number of nitrogens with one attached hydrogen (secondary N) is 2. The van der Waals surface area contributed by atoms with Gasteiger partial charge in [0, 0.05) is 12.5 Å².